The van der Waals surface area contributed by atoms with Gasteiger partial charge in [0.05, 0.1) is 6.61 Å². The van der Waals surface area contributed by atoms with Crippen molar-refractivity contribution >= 4 is 10.1 Å². The van der Waals surface area contributed by atoms with Gasteiger partial charge in [0, 0.05) is 6.07 Å². The minimum Gasteiger partial charge on any atom is -0.494 e. The van der Waals surface area contributed by atoms with Crippen LogP contribution >= 0.6 is 0 Å². The first-order chi connectivity index (χ1) is 9.09. The topological polar surface area (TPSA) is 78.6 Å². The Labute approximate surface area is 111 Å². The Morgan fingerprint density at radius 2 is 1.84 bits per heavy atom. The fourth-order valence-corrected chi connectivity index (χ4v) is 2.40. The van der Waals surface area contributed by atoms with Crippen molar-refractivity contribution in [3.05, 3.63) is 42.3 Å². The van der Waals surface area contributed by atoms with E-state index in [1.165, 1.54) is 24.5 Å². The van der Waals surface area contributed by atoms with Crippen molar-refractivity contribution in [1.29, 1.82) is 0 Å². The number of hydrogen-bond acceptors (Lipinski definition) is 6. The molecule has 0 radical (unpaired) electrons. The molecule has 0 saturated carbocycles. The van der Waals surface area contributed by atoms with E-state index in [4.69, 9.17) is 8.92 Å². The first kappa shape index (κ1) is 13.4. The van der Waals surface area contributed by atoms with Gasteiger partial charge in [-0.2, -0.15) is 8.42 Å². The second kappa shape index (κ2) is 5.75. The van der Waals surface area contributed by atoms with Crippen molar-refractivity contribution in [3.63, 3.8) is 0 Å². The summed E-state index contributed by atoms with van der Waals surface area (Å²) in [5, 5.41) is 3.53. The molecule has 0 fully saturated rings. The van der Waals surface area contributed by atoms with E-state index in [1.807, 2.05) is 6.92 Å². The fraction of sp³-hybridized carbons (Fsp3) is 0.250. The van der Waals surface area contributed by atoms with Gasteiger partial charge in [-0.3, -0.25) is 0 Å². The first-order valence-corrected chi connectivity index (χ1v) is 7.21. The van der Waals surface area contributed by atoms with Gasteiger partial charge >= 0.3 is 10.1 Å². The Kier molecular flexibility index (Phi) is 4.06. The van der Waals surface area contributed by atoms with Gasteiger partial charge in [-0.15, -0.1) is 0 Å². The average Bonchev–Trinajstić information content (AvgIpc) is 2.83. The quantitative estimate of drug-likeness (QED) is 0.754. The lowest BCUT2D eigenvalue weighted by atomic mass is 10.3. The van der Waals surface area contributed by atoms with Crippen molar-refractivity contribution in [2.45, 2.75) is 12.7 Å². The molecule has 0 aliphatic rings. The van der Waals surface area contributed by atoms with Crippen molar-refractivity contribution in [3.8, 4) is 11.5 Å². The van der Waals surface area contributed by atoms with Gasteiger partial charge in [0.2, 0.25) is 0 Å². The maximum Gasteiger partial charge on any atom is 0.315 e. The molecule has 0 unspecified atom stereocenters. The highest BCUT2D eigenvalue weighted by atomic mass is 32.2. The number of rotatable bonds is 6. The lowest BCUT2D eigenvalue weighted by molar-refractivity contribution is 0.340. The predicted octanol–water partition coefficient (Wildman–Crippen LogP) is 1.98. The van der Waals surface area contributed by atoms with E-state index in [2.05, 4.69) is 9.68 Å². The molecule has 2 rings (SSSR count). The summed E-state index contributed by atoms with van der Waals surface area (Å²) in [6.07, 6.45) is 1.31. The number of ether oxygens (including phenoxy) is 1. The molecule has 0 N–H and O–H groups in total. The lowest BCUT2D eigenvalue weighted by Crippen LogP contribution is -2.12. The second-order valence-electron chi connectivity index (χ2n) is 3.68. The van der Waals surface area contributed by atoms with Crippen molar-refractivity contribution in [1.82, 2.24) is 5.16 Å². The molecule has 102 valence electrons. The van der Waals surface area contributed by atoms with Gasteiger partial charge in [0.15, 0.2) is 0 Å². The van der Waals surface area contributed by atoms with Crippen LogP contribution in [0, 0.1) is 0 Å². The summed E-state index contributed by atoms with van der Waals surface area (Å²) in [6.45, 7) is 2.41. The van der Waals surface area contributed by atoms with Gasteiger partial charge in [-0.25, -0.2) is 0 Å². The summed E-state index contributed by atoms with van der Waals surface area (Å²) in [4.78, 5) is 0. The van der Waals surface area contributed by atoms with Crippen LogP contribution in [0.3, 0.4) is 0 Å². The molecule has 7 heteroatoms. The van der Waals surface area contributed by atoms with Crippen LogP contribution < -0.4 is 8.92 Å². The molecule has 2 aromatic rings. The van der Waals surface area contributed by atoms with Crippen molar-refractivity contribution in [2.75, 3.05) is 6.61 Å². The predicted molar refractivity (Wildman–Crippen MR) is 67.4 cm³/mol. The van der Waals surface area contributed by atoms with Gasteiger partial charge in [-0.1, -0.05) is 5.16 Å². The van der Waals surface area contributed by atoms with Crippen LogP contribution in [0.1, 0.15) is 12.6 Å². The Morgan fingerprint density at radius 1 is 1.16 bits per heavy atom. The summed E-state index contributed by atoms with van der Waals surface area (Å²) in [6, 6.07) is 7.82. The molecule has 0 bridgehead atoms. The molecular formula is C12H13NO5S. The van der Waals surface area contributed by atoms with Gasteiger partial charge in [-0.05, 0) is 31.2 Å². The standard InChI is InChI=1S/C12H13NO5S/c1-2-16-11-3-5-12(6-4-11)18-19(14,15)9-10-7-8-17-13-10/h3-8H,2,9H2,1H3. The molecule has 0 spiro atoms. The van der Waals surface area contributed by atoms with Gasteiger partial charge < -0.3 is 13.4 Å². The van der Waals surface area contributed by atoms with E-state index >= 15 is 0 Å². The zero-order chi connectivity index (χ0) is 13.7. The normalized spacial score (nSPS) is 11.2. The number of hydrogen-bond donors (Lipinski definition) is 0. The third-order valence-electron chi connectivity index (χ3n) is 2.17. The zero-order valence-corrected chi connectivity index (χ0v) is 11.1. The van der Waals surface area contributed by atoms with Crippen LogP contribution in [0.5, 0.6) is 11.5 Å². The number of aromatic nitrogens is 1. The molecule has 0 atom stereocenters. The van der Waals surface area contributed by atoms with E-state index in [-0.39, 0.29) is 11.5 Å². The highest BCUT2D eigenvalue weighted by Gasteiger charge is 2.16. The Bertz CT molecular complexity index is 604. The first-order valence-electron chi connectivity index (χ1n) is 5.63. The maximum atomic E-state index is 11.7. The summed E-state index contributed by atoms with van der Waals surface area (Å²) in [5.74, 6) is 0.548. The summed E-state index contributed by atoms with van der Waals surface area (Å²) in [7, 11) is -3.75. The van der Waals surface area contributed by atoms with E-state index in [0.29, 0.717) is 18.1 Å². The third-order valence-corrected chi connectivity index (χ3v) is 3.27. The molecule has 0 saturated heterocycles. The fourth-order valence-electron chi connectivity index (χ4n) is 1.43. The maximum absolute atomic E-state index is 11.7. The van der Waals surface area contributed by atoms with Gasteiger partial charge in [0.25, 0.3) is 0 Å². The summed E-state index contributed by atoms with van der Waals surface area (Å²) >= 11 is 0. The van der Waals surface area contributed by atoms with Crippen LogP contribution in [-0.2, 0) is 15.9 Å². The minimum absolute atomic E-state index is 0.229. The lowest BCUT2D eigenvalue weighted by Gasteiger charge is -2.07. The molecule has 0 aliphatic heterocycles. The molecule has 6 nitrogen and oxygen atoms in total. The molecule has 1 aromatic carbocycles. The molecule has 1 heterocycles. The molecule has 0 aliphatic carbocycles. The van der Waals surface area contributed by atoms with Gasteiger partial charge in [0.1, 0.15) is 29.2 Å². The van der Waals surface area contributed by atoms with Crippen LogP contribution in [-0.4, -0.2) is 20.2 Å². The smallest absolute Gasteiger partial charge is 0.315 e. The Hall–Kier alpha value is -2.02. The number of benzene rings is 1. The monoisotopic (exact) mass is 283 g/mol. The van der Waals surface area contributed by atoms with Crippen LogP contribution in [0.4, 0.5) is 0 Å². The largest absolute Gasteiger partial charge is 0.494 e. The van der Waals surface area contributed by atoms with E-state index in [0.717, 1.165) is 0 Å². The van der Waals surface area contributed by atoms with Crippen LogP contribution in [0.2, 0.25) is 0 Å². The molecule has 19 heavy (non-hydrogen) atoms. The molecular weight excluding hydrogens is 270 g/mol. The summed E-state index contributed by atoms with van der Waals surface area (Å²) in [5.41, 5.74) is 0.297. The van der Waals surface area contributed by atoms with E-state index in [1.54, 1.807) is 12.1 Å². The zero-order valence-electron chi connectivity index (χ0n) is 10.3. The molecule has 0 amide bonds. The van der Waals surface area contributed by atoms with Crippen LogP contribution in [0.25, 0.3) is 0 Å². The second-order valence-corrected chi connectivity index (χ2v) is 5.25. The highest BCUT2D eigenvalue weighted by molar-refractivity contribution is 7.86. The van der Waals surface area contributed by atoms with Crippen molar-refractivity contribution < 1.29 is 21.9 Å². The molecule has 1 aromatic heterocycles. The SMILES string of the molecule is CCOc1ccc(OS(=O)(=O)Cc2ccon2)cc1. The average molecular weight is 283 g/mol. The van der Waals surface area contributed by atoms with E-state index < -0.39 is 10.1 Å². The minimum atomic E-state index is -3.75. The third kappa shape index (κ3) is 3.99. The van der Waals surface area contributed by atoms with Crippen LogP contribution in [0.15, 0.2) is 41.1 Å². The highest BCUT2D eigenvalue weighted by Crippen LogP contribution is 2.20. The Balaban J connectivity index is 2.03. The Morgan fingerprint density at radius 3 is 2.42 bits per heavy atom. The van der Waals surface area contributed by atoms with E-state index in [9.17, 15) is 8.42 Å². The number of nitrogens with zero attached hydrogens (tertiary/aromatic N) is 1. The summed E-state index contributed by atoms with van der Waals surface area (Å²) < 4.78 is 38.2. The van der Waals surface area contributed by atoms with Crippen molar-refractivity contribution in [2.24, 2.45) is 0 Å².